The molecule has 0 saturated carbocycles. The highest BCUT2D eigenvalue weighted by Crippen LogP contribution is 2.31. The second-order valence-corrected chi connectivity index (χ2v) is 6.20. The van der Waals surface area contributed by atoms with Gasteiger partial charge in [-0.1, -0.05) is 0 Å². The third kappa shape index (κ3) is 2.85. The highest BCUT2D eigenvalue weighted by molar-refractivity contribution is 7.18. The van der Waals surface area contributed by atoms with Gasteiger partial charge in [-0.15, -0.1) is 11.3 Å². The largest absolute Gasteiger partial charge is 0.472 e. The van der Waals surface area contributed by atoms with Crippen molar-refractivity contribution in [2.75, 3.05) is 23.8 Å². The summed E-state index contributed by atoms with van der Waals surface area (Å²) in [7, 11) is 2.04. The summed E-state index contributed by atoms with van der Waals surface area (Å²) >= 11 is 1.70. The number of thiophene rings is 1. The summed E-state index contributed by atoms with van der Waals surface area (Å²) in [5.74, 6) is 1.63. The summed E-state index contributed by atoms with van der Waals surface area (Å²) in [6, 6.07) is 4.12. The fourth-order valence-electron chi connectivity index (χ4n) is 2.29. The van der Waals surface area contributed by atoms with Crippen LogP contribution in [0.25, 0.3) is 10.2 Å². The molecule has 0 fully saturated rings. The standard InChI is InChI=1S/C15H18N4OS/c1-4-16-15-17-13(12-7-10(2)21-14(12)18-15)19(3)8-11-5-6-20-9-11/h5-7,9H,4,8H2,1-3H3,(H,16,17,18). The van der Waals surface area contributed by atoms with Crippen LogP contribution < -0.4 is 10.2 Å². The van der Waals surface area contributed by atoms with Crippen LogP contribution in [0.5, 0.6) is 0 Å². The first-order valence-electron chi connectivity index (χ1n) is 6.91. The summed E-state index contributed by atoms with van der Waals surface area (Å²) in [5.41, 5.74) is 1.13. The number of nitrogens with one attached hydrogen (secondary N) is 1. The number of nitrogens with zero attached hydrogens (tertiary/aromatic N) is 3. The van der Waals surface area contributed by atoms with Gasteiger partial charge in [0, 0.05) is 30.6 Å². The molecule has 0 aliphatic heterocycles. The van der Waals surface area contributed by atoms with Crippen LogP contribution in [0.1, 0.15) is 17.4 Å². The molecule has 110 valence electrons. The Kier molecular flexibility index (Phi) is 3.79. The summed E-state index contributed by atoms with van der Waals surface area (Å²) in [6.45, 7) is 5.70. The number of hydrogen-bond donors (Lipinski definition) is 1. The lowest BCUT2D eigenvalue weighted by molar-refractivity contribution is 0.563. The molecule has 0 aliphatic rings. The van der Waals surface area contributed by atoms with E-state index in [1.54, 1.807) is 23.9 Å². The van der Waals surface area contributed by atoms with Crippen molar-refractivity contribution in [1.29, 1.82) is 0 Å². The highest BCUT2D eigenvalue weighted by atomic mass is 32.1. The second-order valence-electron chi connectivity index (χ2n) is 4.96. The van der Waals surface area contributed by atoms with E-state index < -0.39 is 0 Å². The predicted octanol–water partition coefficient (Wildman–Crippen LogP) is 3.66. The summed E-state index contributed by atoms with van der Waals surface area (Å²) in [4.78, 5) is 13.6. The van der Waals surface area contributed by atoms with Gasteiger partial charge in [0.05, 0.1) is 17.9 Å². The van der Waals surface area contributed by atoms with E-state index >= 15 is 0 Å². The maximum absolute atomic E-state index is 5.14. The number of rotatable bonds is 5. The van der Waals surface area contributed by atoms with Gasteiger partial charge in [-0.3, -0.25) is 0 Å². The minimum Gasteiger partial charge on any atom is -0.472 e. The predicted molar refractivity (Wildman–Crippen MR) is 87.1 cm³/mol. The fourth-order valence-corrected chi connectivity index (χ4v) is 3.16. The topological polar surface area (TPSA) is 54.2 Å². The quantitative estimate of drug-likeness (QED) is 0.779. The minimum absolute atomic E-state index is 0.681. The maximum Gasteiger partial charge on any atom is 0.226 e. The van der Waals surface area contributed by atoms with Crippen LogP contribution in [0.15, 0.2) is 29.1 Å². The Bertz CT molecular complexity index is 736. The molecule has 0 aliphatic carbocycles. The van der Waals surface area contributed by atoms with Crippen LogP contribution in [-0.2, 0) is 6.54 Å². The first-order chi connectivity index (χ1) is 10.2. The minimum atomic E-state index is 0.681. The van der Waals surface area contributed by atoms with Crippen LogP contribution in [0.4, 0.5) is 11.8 Å². The van der Waals surface area contributed by atoms with Gasteiger partial charge in [-0.2, -0.15) is 4.98 Å². The lowest BCUT2D eigenvalue weighted by Crippen LogP contribution is -2.18. The number of hydrogen-bond acceptors (Lipinski definition) is 6. The van der Waals surface area contributed by atoms with Gasteiger partial charge in [0.15, 0.2) is 0 Å². The van der Waals surface area contributed by atoms with E-state index in [9.17, 15) is 0 Å². The average Bonchev–Trinajstić information content (AvgIpc) is 3.06. The SMILES string of the molecule is CCNc1nc(N(C)Cc2ccoc2)c2cc(C)sc2n1. The van der Waals surface area contributed by atoms with Crippen LogP contribution in [-0.4, -0.2) is 23.6 Å². The van der Waals surface area contributed by atoms with E-state index in [2.05, 4.69) is 33.2 Å². The van der Waals surface area contributed by atoms with Crippen LogP contribution in [0, 0.1) is 6.92 Å². The zero-order chi connectivity index (χ0) is 14.8. The Morgan fingerprint density at radius 2 is 2.24 bits per heavy atom. The van der Waals surface area contributed by atoms with Crippen LogP contribution in [0.3, 0.4) is 0 Å². The Balaban J connectivity index is 2.01. The monoisotopic (exact) mass is 302 g/mol. The van der Waals surface area contributed by atoms with Gasteiger partial charge in [-0.25, -0.2) is 4.98 Å². The molecule has 3 rings (SSSR count). The third-order valence-corrected chi connectivity index (χ3v) is 4.14. The van der Waals surface area contributed by atoms with Crippen molar-refractivity contribution in [2.24, 2.45) is 0 Å². The molecule has 1 N–H and O–H groups in total. The molecule has 0 atom stereocenters. The molecular formula is C15H18N4OS. The summed E-state index contributed by atoms with van der Waals surface area (Å²) < 4.78 is 5.14. The molecule has 3 aromatic rings. The third-order valence-electron chi connectivity index (χ3n) is 3.19. The van der Waals surface area contributed by atoms with Gasteiger partial charge in [0.1, 0.15) is 10.6 Å². The fraction of sp³-hybridized carbons (Fsp3) is 0.333. The van der Waals surface area contributed by atoms with E-state index in [0.717, 1.165) is 34.7 Å². The van der Waals surface area contributed by atoms with Crippen molar-refractivity contribution < 1.29 is 4.42 Å². The van der Waals surface area contributed by atoms with Gasteiger partial charge >= 0.3 is 0 Å². The number of furan rings is 1. The molecule has 3 heterocycles. The number of aryl methyl sites for hydroxylation is 1. The lowest BCUT2D eigenvalue weighted by Gasteiger charge is -2.19. The first-order valence-corrected chi connectivity index (χ1v) is 7.73. The van der Waals surface area contributed by atoms with Crippen molar-refractivity contribution in [1.82, 2.24) is 9.97 Å². The molecule has 0 spiro atoms. The Labute approximate surface area is 127 Å². The van der Waals surface area contributed by atoms with E-state index in [0.29, 0.717) is 5.95 Å². The van der Waals surface area contributed by atoms with Crippen molar-refractivity contribution in [3.8, 4) is 0 Å². The molecule has 0 radical (unpaired) electrons. The van der Waals surface area contributed by atoms with Crippen molar-refractivity contribution >= 4 is 33.3 Å². The highest BCUT2D eigenvalue weighted by Gasteiger charge is 2.14. The van der Waals surface area contributed by atoms with Crippen molar-refractivity contribution in [3.63, 3.8) is 0 Å². The van der Waals surface area contributed by atoms with Crippen molar-refractivity contribution in [3.05, 3.63) is 35.1 Å². The number of fused-ring (bicyclic) bond motifs is 1. The smallest absolute Gasteiger partial charge is 0.226 e. The van der Waals surface area contributed by atoms with Crippen LogP contribution >= 0.6 is 11.3 Å². The van der Waals surface area contributed by atoms with Gasteiger partial charge in [0.2, 0.25) is 5.95 Å². The molecule has 6 heteroatoms. The Morgan fingerprint density at radius 3 is 2.95 bits per heavy atom. The number of anilines is 2. The van der Waals surface area contributed by atoms with Crippen molar-refractivity contribution in [2.45, 2.75) is 20.4 Å². The normalized spacial score (nSPS) is 11.0. The molecule has 5 nitrogen and oxygen atoms in total. The zero-order valence-corrected chi connectivity index (χ0v) is 13.2. The molecule has 21 heavy (non-hydrogen) atoms. The zero-order valence-electron chi connectivity index (χ0n) is 12.4. The first kappa shape index (κ1) is 13.9. The molecule has 0 saturated heterocycles. The molecular weight excluding hydrogens is 284 g/mol. The number of aromatic nitrogens is 2. The lowest BCUT2D eigenvalue weighted by atomic mass is 10.3. The second kappa shape index (κ2) is 5.73. The van der Waals surface area contributed by atoms with E-state index in [1.807, 2.05) is 20.0 Å². The molecule has 3 aromatic heterocycles. The Morgan fingerprint density at radius 1 is 1.38 bits per heavy atom. The van der Waals surface area contributed by atoms with E-state index in [4.69, 9.17) is 4.42 Å². The van der Waals surface area contributed by atoms with E-state index in [-0.39, 0.29) is 0 Å². The van der Waals surface area contributed by atoms with Gasteiger partial charge in [-0.05, 0) is 26.0 Å². The van der Waals surface area contributed by atoms with Gasteiger partial charge in [0.25, 0.3) is 0 Å². The summed E-state index contributed by atoms with van der Waals surface area (Å²) in [6.07, 6.45) is 3.45. The summed E-state index contributed by atoms with van der Waals surface area (Å²) in [5, 5.41) is 4.30. The molecule has 0 amide bonds. The maximum atomic E-state index is 5.14. The van der Waals surface area contributed by atoms with Gasteiger partial charge < -0.3 is 14.6 Å². The average molecular weight is 302 g/mol. The molecule has 0 aromatic carbocycles. The molecule has 0 bridgehead atoms. The van der Waals surface area contributed by atoms with Crippen LogP contribution in [0.2, 0.25) is 0 Å². The molecule has 0 unspecified atom stereocenters. The van der Waals surface area contributed by atoms with E-state index in [1.165, 1.54) is 4.88 Å². The Hall–Kier alpha value is -2.08.